The predicted molar refractivity (Wildman–Crippen MR) is 124 cm³/mol. The van der Waals surface area contributed by atoms with Gasteiger partial charge in [-0.05, 0) is 50.5 Å². The third kappa shape index (κ3) is 5.64. The lowest BCUT2D eigenvalue weighted by Gasteiger charge is -2.27. The molecule has 1 atom stereocenters. The summed E-state index contributed by atoms with van der Waals surface area (Å²) in [6.07, 6.45) is -0.557. The number of carbonyl (C=O) groups excluding carboxylic acids is 1. The summed E-state index contributed by atoms with van der Waals surface area (Å²) in [6, 6.07) is 14.2. The van der Waals surface area contributed by atoms with Crippen molar-refractivity contribution in [3.8, 4) is 0 Å². The molecule has 1 heterocycles. The van der Waals surface area contributed by atoms with Gasteiger partial charge in [-0.2, -0.15) is 0 Å². The Labute approximate surface area is 187 Å². The predicted octanol–water partition coefficient (Wildman–Crippen LogP) is 5.32. The first-order valence-corrected chi connectivity index (χ1v) is 10.7. The number of nitrogens with zero attached hydrogens (tertiary/aromatic N) is 2. The Kier molecular flexibility index (Phi) is 6.70. The van der Waals surface area contributed by atoms with Crippen molar-refractivity contribution in [1.29, 1.82) is 0 Å². The maximum absolute atomic E-state index is 13.4. The monoisotopic (exact) mass is 441 g/mol. The van der Waals surface area contributed by atoms with E-state index in [4.69, 9.17) is 21.3 Å². The van der Waals surface area contributed by atoms with Crippen LogP contribution >= 0.6 is 11.6 Å². The van der Waals surface area contributed by atoms with Crippen LogP contribution in [-0.2, 0) is 11.3 Å². The van der Waals surface area contributed by atoms with Gasteiger partial charge >= 0.3 is 6.09 Å². The lowest BCUT2D eigenvalue weighted by atomic mass is 10.0. The molecular weight excluding hydrogens is 414 g/mol. The van der Waals surface area contributed by atoms with Crippen molar-refractivity contribution < 1.29 is 9.53 Å². The second-order valence-electron chi connectivity index (χ2n) is 8.88. The number of halogens is 1. The molecule has 0 aliphatic carbocycles. The molecule has 1 aromatic heterocycles. The summed E-state index contributed by atoms with van der Waals surface area (Å²) in [6.45, 7) is 9.67. The number of carbonyl (C=O) groups is 1. The highest BCUT2D eigenvalue weighted by Gasteiger charge is 2.27. The lowest BCUT2D eigenvalue weighted by molar-refractivity contribution is 0.0485. The zero-order valence-electron chi connectivity index (χ0n) is 18.5. The Hall–Kier alpha value is -2.86. The van der Waals surface area contributed by atoms with Gasteiger partial charge in [0.2, 0.25) is 0 Å². The fourth-order valence-corrected chi connectivity index (χ4v) is 3.50. The van der Waals surface area contributed by atoms with E-state index in [1.54, 1.807) is 43.5 Å². The zero-order valence-corrected chi connectivity index (χ0v) is 19.2. The van der Waals surface area contributed by atoms with Crippen LogP contribution in [0, 0.1) is 5.92 Å². The molecule has 164 valence electrons. The van der Waals surface area contributed by atoms with Crippen molar-refractivity contribution >= 4 is 28.6 Å². The first-order valence-electron chi connectivity index (χ1n) is 10.3. The first-order chi connectivity index (χ1) is 14.5. The highest BCUT2D eigenvalue weighted by atomic mass is 35.5. The van der Waals surface area contributed by atoms with Gasteiger partial charge in [-0.15, -0.1) is 0 Å². The molecule has 3 aromatic rings. The van der Waals surface area contributed by atoms with Crippen LogP contribution in [0.3, 0.4) is 0 Å². The molecule has 3 rings (SSSR count). The van der Waals surface area contributed by atoms with Crippen molar-refractivity contribution in [3.05, 3.63) is 75.3 Å². The summed E-state index contributed by atoms with van der Waals surface area (Å²) in [5, 5.41) is 3.87. The van der Waals surface area contributed by atoms with E-state index in [1.165, 1.54) is 0 Å². The zero-order chi connectivity index (χ0) is 22.8. The quantitative estimate of drug-likeness (QED) is 0.581. The molecule has 0 radical (unpaired) electrons. The number of alkyl carbamates (subject to hydrolysis) is 1. The number of fused-ring (bicyclic) bond motifs is 1. The Bertz CT molecular complexity index is 1130. The Balaban J connectivity index is 2.15. The van der Waals surface area contributed by atoms with Crippen molar-refractivity contribution in [3.63, 3.8) is 0 Å². The maximum atomic E-state index is 13.4. The largest absolute Gasteiger partial charge is 0.444 e. The molecule has 1 N–H and O–H groups in total. The molecule has 6 nitrogen and oxygen atoms in total. The maximum Gasteiger partial charge on any atom is 0.408 e. The number of rotatable bonds is 5. The van der Waals surface area contributed by atoms with Crippen molar-refractivity contribution in [2.75, 3.05) is 0 Å². The van der Waals surface area contributed by atoms with Gasteiger partial charge in [-0.25, -0.2) is 9.78 Å². The Morgan fingerprint density at radius 1 is 1.16 bits per heavy atom. The third-order valence-electron chi connectivity index (χ3n) is 4.75. The SMILES string of the molecule is CC(C)[C@H](NC(=O)OC(C)(C)C)c1nc2cc(Cl)ccc2c(=O)n1Cc1ccccc1. The topological polar surface area (TPSA) is 73.2 Å². The molecule has 31 heavy (non-hydrogen) atoms. The second kappa shape index (κ2) is 9.10. The van der Waals surface area contributed by atoms with Crippen molar-refractivity contribution in [2.45, 2.75) is 52.8 Å². The molecule has 0 unspecified atom stereocenters. The summed E-state index contributed by atoms with van der Waals surface area (Å²) in [4.78, 5) is 30.8. The number of amides is 1. The molecule has 0 saturated heterocycles. The summed E-state index contributed by atoms with van der Waals surface area (Å²) in [7, 11) is 0. The van der Waals surface area contributed by atoms with Crippen LogP contribution in [0.4, 0.5) is 4.79 Å². The molecule has 1 amide bonds. The van der Waals surface area contributed by atoms with E-state index in [2.05, 4.69) is 5.32 Å². The standard InChI is InChI=1S/C24H28ClN3O3/c1-15(2)20(27-23(30)31-24(3,4)5)21-26-19-13-17(25)11-12-18(19)22(29)28(21)14-16-9-7-6-8-10-16/h6-13,15,20H,14H2,1-5H3,(H,27,30)/t20-/m0/s1. The fourth-order valence-electron chi connectivity index (χ4n) is 3.33. The van der Waals surface area contributed by atoms with Crippen LogP contribution in [0.5, 0.6) is 0 Å². The second-order valence-corrected chi connectivity index (χ2v) is 9.31. The molecule has 0 bridgehead atoms. The normalized spacial score (nSPS) is 12.7. The number of benzene rings is 2. The molecular formula is C24H28ClN3O3. The highest BCUT2D eigenvalue weighted by Crippen LogP contribution is 2.24. The van der Waals surface area contributed by atoms with Gasteiger partial charge in [-0.1, -0.05) is 55.8 Å². The van der Waals surface area contributed by atoms with E-state index in [9.17, 15) is 9.59 Å². The van der Waals surface area contributed by atoms with Crippen molar-refractivity contribution in [2.24, 2.45) is 5.92 Å². The van der Waals surface area contributed by atoms with Crippen molar-refractivity contribution in [1.82, 2.24) is 14.9 Å². The van der Waals surface area contributed by atoms with E-state index < -0.39 is 17.7 Å². The van der Waals surface area contributed by atoms with Crippen LogP contribution in [0.15, 0.2) is 53.3 Å². The van der Waals surface area contributed by atoms with Crippen LogP contribution in [-0.4, -0.2) is 21.2 Å². The first kappa shape index (κ1) is 22.8. The van der Waals surface area contributed by atoms with Gasteiger partial charge in [0, 0.05) is 5.02 Å². The molecule has 0 aliphatic heterocycles. The number of hydrogen-bond acceptors (Lipinski definition) is 4. The number of aromatic nitrogens is 2. The van der Waals surface area contributed by atoms with Crippen LogP contribution < -0.4 is 10.9 Å². The number of nitrogens with one attached hydrogen (secondary N) is 1. The van der Waals surface area contributed by atoms with Crippen LogP contribution in [0.1, 0.15) is 52.0 Å². The average molecular weight is 442 g/mol. The van der Waals surface area contributed by atoms with E-state index in [-0.39, 0.29) is 11.5 Å². The fraction of sp³-hybridized carbons (Fsp3) is 0.375. The Morgan fingerprint density at radius 3 is 2.45 bits per heavy atom. The van der Waals surface area contributed by atoms with Gasteiger partial charge in [0.15, 0.2) is 0 Å². The van der Waals surface area contributed by atoms with Gasteiger partial charge < -0.3 is 10.1 Å². The highest BCUT2D eigenvalue weighted by molar-refractivity contribution is 6.31. The minimum atomic E-state index is -0.639. The van der Waals surface area contributed by atoms with E-state index in [0.29, 0.717) is 28.3 Å². The summed E-state index contributed by atoms with van der Waals surface area (Å²) >= 11 is 6.15. The molecule has 0 fully saturated rings. The molecule has 7 heteroatoms. The molecule has 0 aliphatic rings. The smallest absolute Gasteiger partial charge is 0.408 e. The average Bonchev–Trinajstić information content (AvgIpc) is 2.67. The van der Waals surface area contributed by atoms with E-state index >= 15 is 0 Å². The molecule has 2 aromatic carbocycles. The number of hydrogen-bond donors (Lipinski definition) is 1. The minimum Gasteiger partial charge on any atom is -0.444 e. The van der Waals surface area contributed by atoms with Crippen LogP contribution in [0.2, 0.25) is 5.02 Å². The Morgan fingerprint density at radius 2 is 1.84 bits per heavy atom. The van der Waals surface area contributed by atoms with E-state index in [0.717, 1.165) is 5.56 Å². The van der Waals surface area contributed by atoms with Gasteiger partial charge in [0.05, 0.1) is 23.5 Å². The van der Waals surface area contributed by atoms with Crippen LogP contribution in [0.25, 0.3) is 10.9 Å². The summed E-state index contributed by atoms with van der Waals surface area (Å²) < 4.78 is 7.07. The number of ether oxygens (including phenoxy) is 1. The molecule has 0 saturated carbocycles. The summed E-state index contributed by atoms with van der Waals surface area (Å²) in [5.74, 6) is 0.419. The van der Waals surface area contributed by atoms with Gasteiger partial charge in [-0.3, -0.25) is 9.36 Å². The van der Waals surface area contributed by atoms with Gasteiger partial charge in [0.25, 0.3) is 5.56 Å². The minimum absolute atomic E-state index is 0.0434. The van der Waals surface area contributed by atoms with E-state index in [1.807, 2.05) is 44.2 Å². The summed E-state index contributed by atoms with van der Waals surface area (Å²) in [5.41, 5.74) is 0.631. The lowest BCUT2D eigenvalue weighted by Crippen LogP contribution is -2.40. The molecule has 0 spiro atoms. The third-order valence-corrected chi connectivity index (χ3v) is 4.98. The van der Waals surface area contributed by atoms with Gasteiger partial charge in [0.1, 0.15) is 11.4 Å².